The Morgan fingerprint density at radius 3 is 2.50 bits per heavy atom. The van der Waals surface area contributed by atoms with E-state index < -0.39 is 11.9 Å². The smallest absolute Gasteiger partial charge is 0.137 e. The third-order valence-corrected chi connectivity index (χ3v) is 3.64. The van der Waals surface area contributed by atoms with E-state index in [9.17, 15) is 13.9 Å². The molecule has 1 nitrogen and oxygen atoms in total. The minimum Gasteiger partial charge on any atom is -0.384 e. The van der Waals surface area contributed by atoms with Gasteiger partial charge in [-0.25, -0.2) is 8.78 Å². The quantitative estimate of drug-likeness (QED) is 0.884. The summed E-state index contributed by atoms with van der Waals surface area (Å²) in [6, 6.07) is 8.58. The van der Waals surface area contributed by atoms with Crippen LogP contribution in [0.25, 0.3) is 0 Å². The highest BCUT2D eigenvalue weighted by molar-refractivity contribution is 9.10. The van der Waals surface area contributed by atoms with Gasteiger partial charge in [-0.2, -0.15) is 0 Å². The Morgan fingerprint density at radius 1 is 1.11 bits per heavy atom. The molecule has 2 aromatic rings. The summed E-state index contributed by atoms with van der Waals surface area (Å²) < 4.78 is 26.6. The summed E-state index contributed by atoms with van der Waals surface area (Å²) in [5.74, 6) is -0.798. The molecule has 0 spiro atoms. The number of aliphatic hydroxyl groups is 1. The Morgan fingerprint density at radius 2 is 1.83 bits per heavy atom. The van der Waals surface area contributed by atoms with Crippen LogP contribution in [0, 0.1) is 18.6 Å². The van der Waals surface area contributed by atoms with Gasteiger partial charge >= 0.3 is 0 Å². The van der Waals surface area contributed by atoms with Crippen molar-refractivity contribution in [3.63, 3.8) is 0 Å². The van der Waals surface area contributed by atoms with Gasteiger partial charge in [-0.05, 0) is 52.2 Å². The highest BCUT2D eigenvalue weighted by atomic mass is 79.9. The van der Waals surface area contributed by atoms with Gasteiger partial charge < -0.3 is 5.11 Å². The van der Waals surface area contributed by atoms with Crippen molar-refractivity contribution in [2.75, 3.05) is 0 Å². The molecule has 4 heteroatoms. The lowest BCUT2D eigenvalue weighted by Crippen LogP contribution is -2.04. The van der Waals surface area contributed by atoms with Crippen molar-refractivity contribution in [2.45, 2.75) is 13.0 Å². The van der Waals surface area contributed by atoms with Crippen molar-refractivity contribution in [1.29, 1.82) is 0 Å². The molecule has 0 bridgehead atoms. The van der Waals surface area contributed by atoms with E-state index in [1.165, 1.54) is 30.3 Å². The van der Waals surface area contributed by atoms with Crippen molar-refractivity contribution in [2.24, 2.45) is 0 Å². The zero-order valence-corrected chi connectivity index (χ0v) is 11.2. The van der Waals surface area contributed by atoms with Gasteiger partial charge in [0, 0.05) is 5.56 Å². The lowest BCUT2D eigenvalue weighted by molar-refractivity contribution is 0.218. The van der Waals surface area contributed by atoms with Crippen LogP contribution in [0.3, 0.4) is 0 Å². The fourth-order valence-corrected chi connectivity index (χ4v) is 2.33. The monoisotopic (exact) mass is 312 g/mol. The third kappa shape index (κ3) is 2.44. The van der Waals surface area contributed by atoms with Crippen LogP contribution < -0.4 is 0 Å². The summed E-state index contributed by atoms with van der Waals surface area (Å²) >= 11 is 3.11. The van der Waals surface area contributed by atoms with Gasteiger partial charge in [0.2, 0.25) is 0 Å². The van der Waals surface area contributed by atoms with E-state index in [1.54, 1.807) is 13.0 Å². The Hall–Kier alpha value is -1.26. The van der Waals surface area contributed by atoms with Crippen LogP contribution in [0.1, 0.15) is 22.8 Å². The Kier molecular flexibility index (Phi) is 3.78. The number of halogens is 3. The van der Waals surface area contributed by atoms with Crippen LogP contribution in [-0.4, -0.2) is 5.11 Å². The molecule has 94 valence electrons. The first-order chi connectivity index (χ1) is 8.50. The second kappa shape index (κ2) is 5.16. The van der Waals surface area contributed by atoms with Crippen molar-refractivity contribution in [3.05, 3.63) is 69.2 Å². The summed E-state index contributed by atoms with van der Waals surface area (Å²) in [6.45, 7) is 1.70. The molecule has 1 N–H and O–H groups in total. The summed E-state index contributed by atoms with van der Waals surface area (Å²) in [5, 5.41) is 10.2. The lowest BCUT2D eigenvalue weighted by Gasteiger charge is -2.16. The van der Waals surface area contributed by atoms with Crippen molar-refractivity contribution in [1.82, 2.24) is 0 Å². The fourth-order valence-electron chi connectivity index (χ4n) is 1.85. The van der Waals surface area contributed by atoms with Gasteiger partial charge in [0.25, 0.3) is 0 Å². The predicted molar refractivity (Wildman–Crippen MR) is 69.3 cm³/mol. The molecule has 0 aliphatic heterocycles. The van der Waals surface area contributed by atoms with E-state index in [0.29, 0.717) is 16.7 Å². The van der Waals surface area contributed by atoms with Gasteiger partial charge in [-0.15, -0.1) is 0 Å². The van der Waals surface area contributed by atoms with Gasteiger partial charge in [0.15, 0.2) is 0 Å². The number of hydrogen-bond donors (Lipinski definition) is 1. The molecule has 0 fully saturated rings. The molecule has 0 radical (unpaired) electrons. The average Bonchev–Trinajstić information content (AvgIpc) is 2.32. The predicted octanol–water partition coefficient (Wildman–Crippen LogP) is 4.12. The van der Waals surface area contributed by atoms with Crippen LogP contribution in [0.2, 0.25) is 0 Å². The SMILES string of the molecule is Cc1cc(F)ccc1C(O)c1cccc(F)c1Br. The van der Waals surface area contributed by atoms with Crippen molar-refractivity contribution in [3.8, 4) is 0 Å². The second-order valence-corrected chi connectivity index (χ2v) is 4.84. The summed E-state index contributed by atoms with van der Waals surface area (Å²) in [6.07, 6.45) is -0.990. The zero-order valence-electron chi connectivity index (χ0n) is 9.62. The molecule has 18 heavy (non-hydrogen) atoms. The molecular weight excluding hydrogens is 302 g/mol. The molecule has 0 aliphatic rings. The lowest BCUT2D eigenvalue weighted by atomic mass is 9.97. The molecule has 1 unspecified atom stereocenters. The molecular formula is C14H11BrF2O. The number of aliphatic hydroxyl groups excluding tert-OH is 1. The minimum atomic E-state index is -0.990. The number of aryl methyl sites for hydroxylation is 1. The fraction of sp³-hybridized carbons (Fsp3) is 0.143. The molecule has 0 aliphatic carbocycles. The van der Waals surface area contributed by atoms with Crippen LogP contribution in [0.4, 0.5) is 8.78 Å². The third-order valence-electron chi connectivity index (χ3n) is 2.80. The van der Waals surface area contributed by atoms with E-state index in [2.05, 4.69) is 15.9 Å². The van der Waals surface area contributed by atoms with E-state index >= 15 is 0 Å². The maximum absolute atomic E-state index is 13.4. The molecule has 0 heterocycles. The first-order valence-corrected chi connectivity index (χ1v) is 6.18. The first kappa shape index (κ1) is 13.2. The van der Waals surface area contributed by atoms with Crippen LogP contribution in [-0.2, 0) is 0 Å². The molecule has 2 aromatic carbocycles. The standard InChI is InChI=1S/C14H11BrF2O/c1-8-7-9(16)5-6-10(8)14(18)11-3-2-4-12(17)13(11)15/h2-7,14,18H,1H3. The molecule has 1 atom stereocenters. The van der Waals surface area contributed by atoms with Crippen LogP contribution in [0.5, 0.6) is 0 Å². The normalized spacial score (nSPS) is 12.5. The van der Waals surface area contributed by atoms with Gasteiger partial charge in [-0.3, -0.25) is 0 Å². The molecule has 0 amide bonds. The largest absolute Gasteiger partial charge is 0.384 e. The van der Waals surface area contributed by atoms with Gasteiger partial charge in [-0.1, -0.05) is 18.2 Å². The highest BCUT2D eigenvalue weighted by Crippen LogP contribution is 2.31. The molecule has 0 saturated carbocycles. The zero-order chi connectivity index (χ0) is 13.3. The summed E-state index contributed by atoms with van der Waals surface area (Å²) in [4.78, 5) is 0. The highest BCUT2D eigenvalue weighted by Gasteiger charge is 2.17. The molecule has 2 rings (SSSR count). The second-order valence-electron chi connectivity index (χ2n) is 4.05. The Bertz CT molecular complexity index is 584. The number of hydrogen-bond acceptors (Lipinski definition) is 1. The number of rotatable bonds is 2. The summed E-state index contributed by atoms with van der Waals surface area (Å²) in [5.41, 5.74) is 1.60. The Balaban J connectivity index is 2.48. The van der Waals surface area contributed by atoms with E-state index in [4.69, 9.17) is 0 Å². The van der Waals surface area contributed by atoms with Gasteiger partial charge in [0.1, 0.15) is 17.7 Å². The van der Waals surface area contributed by atoms with E-state index in [-0.39, 0.29) is 10.3 Å². The Labute approximate surface area is 112 Å². The first-order valence-electron chi connectivity index (χ1n) is 5.38. The maximum atomic E-state index is 13.4. The van der Waals surface area contributed by atoms with E-state index in [1.807, 2.05) is 0 Å². The number of benzene rings is 2. The molecule has 0 aromatic heterocycles. The minimum absolute atomic E-state index is 0.223. The van der Waals surface area contributed by atoms with Crippen LogP contribution in [0.15, 0.2) is 40.9 Å². The van der Waals surface area contributed by atoms with Gasteiger partial charge in [0.05, 0.1) is 4.47 Å². The average molecular weight is 313 g/mol. The topological polar surface area (TPSA) is 20.2 Å². The van der Waals surface area contributed by atoms with Crippen molar-refractivity contribution >= 4 is 15.9 Å². The molecule has 0 saturated heterocycles. The summed E-state index contributed by atoms with van der Waals surface area (Å²) in [7, 11) is 0. The van der Waals surface area contributed by atoms with E-state index in [0.717, 1.165) is 0 Å². The van der Waals surface area contributed by atoms with Crippen molar-refractivity contribution < 1.29 is 13.9 Å². The van der Waals surface area contributed by atoms with Crippen LogP contribution >= 0.6 is 15.9 Å². The maximum Gasteiger partial charge on any atom is 0.137 e.